The van der Waals surface area contributed by atoms with Crippen molar-refractivity contribution in [1.82, 2.24) is 9.97 Å². The van der Waals surface area contributed by atoms with Gasteiger partial charge in [-0.05, 0) is 18.6 Å². The Morgan fingerprint density at radius 2 is 1.80 bits per heavy atom. The second kappa shape index (κ2) is 5.21. The SMILES string of the molecule is Cc1cccc2nc(CC=O)c(-c3ccccc3)nc12. The van der Waals surface area contributed by atoms with Gasteiger partial charge in [0.25, 0.3) is 0 Å². The van der Waals surface area contributed by atoms with Gasteiger partial charge >= 0.3 is 0 Å². The topological polar surface area (TPSA) is 42.9 Å². The minimum Gasteiger partial charge on any atom is -0.303 e. The molecule has 0 unspecified atom stereocenters. The number of aldehydes is 1. The fraction of sp³-hybridized carbons (Fsp3) is 0.118. The summed E-state index contributed by atoms with van der Waals surface area (Å²) >= 11 is 0. The van der Waals surface area contributed by atoms with E-state index in [1.165, 1.54) is 0 Å². The van der Waals surface area contributed by atoms with E-state index >= 15 is 0 Å². The van der Waals surface area contributed by atoms with E-state index in [0.29, 0.717) is 0 Å². The van der Waals surface area contributed by atoms with Crippen molar-refractivity contribution in [2.24, 2.45) is 0 Å². The van der Waals surface area contributed by atoms with Gasteiger partial charge in [-0.2, -0.15) is 0 Å². The van der Waals surface area contributed by atoms with Crippen LogP contribution in [0, 0.1) is 6.92 Å². The van der Waals surface area contributed by atoms with Crippen LogP contribution in [0.5, 0.6) is 0 Å². The lowest BCUT2D eigenvalue weighted by Gasteiger charge is -2.09. The van der Waals surface area contributed by atoms with Crippen LogP contribution in [0.1, 0.15) is 11.3 Å². The zero-order valence-electron chi connectivity index (χ0n) is 11.2. The van der Waals surface area contributed by atoms with E-state index in [1.807, 2.05) is 55.5 Å². The Hall–Kier alpha value is -2.55. The lowest BCUT2D eigenvalue weighted by atomic mass is 10.1. The van der Waals surface area contributed by atoms with Crippen LogP contribution in [0.3, 0.4) is 0 Å². The molecule has 98 valence electrons. The Bertz CT molecular complexity index is 767. The molecule has 0 amide bonds. The molecule has 1 aromatic heterocycles. The quantitative estimate of drug-likeness (QED) is 0.680. The maximum Gasteiger partial charge on any atom is 0.126 e. The predicted molar refractivity (Wildman–Crippen MR) is 79.5 cm³/mol. The summed E-state index contributed by atoms with van der Waals surface area (Å²) < 4.78 is 0. The Kier molecular flexibility index (Phi) is 3.25. The molecule has 0 bridgehead atoms. The molecule has 0 saturated heterocycles. The minimum atomic E-state index is 0.279. The normalized spacial score (nSPS) is 10.7. The van der Waals surface area contributed by atoms with E-state index in [2.05, 4.69) is 4.98 Å². The summed E-state index contributed by atoms with van der Waals surface area (Å²) in [7, 11) is 0. The number of aromatic nitrogens is 2. The smallest absolute Gasteiger partial charge is 0.126 e. The van der Waals surface area contributed by atoms with E-state index < -0.39 is 0 Å². The average molecular weight is 262 g/mol. The molecule has 0 N–H and O–H groups in total. The molecule has 20 heavy (non-hydrogen) atoms. The van der Waals surface area contributed by atoms with Gasteiger partial charge in [0.2, 0.25) is 0 Å². The summed E-state index contributed by atoms with van der Waals surface area (Å²) in [5.74, 6) is 0. The third kappa shape index (κ3) is 2.18. The number of para-hydroxylation sites is 1. The number of nitrogens with zero attached hydrogens (tertiary/aromatic N) is 2. The van der Waals surface area contributed by atoms with Crippen LogP contribution >= 0.6 is 0 Å². The monoisotopic (exact) mass is 262 g/mol. The average Bonchev–Trinajstić information content (AvgIpc) is 2.48. The highest BCUT2D eigenvalue weighted by molar-refractivity contribution is 5.82. The van der Waals surface area contributed by atoms with E-state index in [-0.39, 0.29) is 6.42 Å². The first-order chi connectivity index (χ1) is 9.79. The zero-order valence-corrected chi connectivity index (χ0v) is 11.2. The first kappa shape index (κ1) is 12.5. The van der Waals surface area contributed by atoms with Crippen LogP contribution in [0.4, 0.5) is 0 Å². The highest BCUT2D eigenvalue weighted by Gasteiger charge is 2.11. The summed E-state index contributed by atoms with van der Waals surface area (Å²) in [6.07, 6.45) is 1.15. The van der Waals surface area contributed by atoms with Gasteiger partial charge in [-0.3, -0.25) is 0 Å². The van der Waals surface area contributed by atoms with Crippen molar-refractivity contribution >= 4 is 17.3 Å². The van der Waals surface area contributed by atoms with Crippen molar-refractivity contribution in [1.29, 1.82) is 0 Å². The van der Waals surface area contributed by atoms with Crippen molar-refractivity contribution in [3.8, 4) is 11.3 Å². The molecule has 0 aliphatic heterocycles. The Labute approximate surface area is 117 Å². The summed E-state index contributed by atoms with van der Waals surface area (Å²) in [6, 6.07) is 15.8. The largest absolute Gasteiger partial charge is 0.303 e. The van der Waals surface area contributed by atoms with Crippen molar-refractivity contribution in [2.45, 2.75) is 13.3 Å². The van der Waals surface area contributed by atoms with Crippen LogP contribution in [0.2, 0.25) is 0 Å². The Morgan fingerprint density at radius 1 is 1.00 bits per heavy atom. The number of carbonyl (C=O) groups is 1. The molecule has 1 heterocycles. The molecule has 3 nitrogen and oxygen atoms in total. The molecule has 0 saturated carbocycles. The standard InChI is InChI=1S/C17H14N2O/c1-12-6-5-9-14-16(12)19-17(15(18-14)10-11-20)13-7-3-2-4-8-13/h2-9,11H,10H2,1H3. The van der Waals surface area contributed by atoms with Crippen molar-refractivity contribution in [2.75, 3.05) is 0 Å². The van der Waals surface area contributed by atoms with Crippen LogP contribution in [0.15, 0.2) is 48.5 Å². The van der Waals surface area contributed by atoms with E-state index in [9.17, 15) is 4.79 Å². The van der Waals surface area contributed by atoms with Gasteiger partial charge in [0.05, 0.1) is 22.4 Å². The summed E-state index contributed by atoms with van der Waals surface area (Å²) in [4.78, 5) is 20.2. The van der Waals surface area contributed by atoms with E-state index in [0.717, 1.165) is 39.8 Å². The Balaban J connectivity index is 2.30. The number of benzene rings is 2. The van der Waals surface area contributed by atoms with Gasteiger partial charge in [0.1, 0.15) is 6.29 Å². The second-order valence-corrected chi connectivity index (χ2v) is 4.70. The molecular weight excluding hydrogens is 248 g/mol. The maximum atomic E-state index is 10.9. The van der Waals surface area contributed by atoms with Gasteiger partial charge in [0.15, 0.2) is 0 Å². The highest BCUT2D eigenvalue weighted by Crippen LogP contribution is 2.24. The van der Waals surface area contributed by atoms with Gasteiger partial charge in [0, 0.05) is 12.0 Å². The fourth-order valence-electron chi connectivity index (χ4n) is 2.30. The molecule has 2 aromatic carbocycles. The first-order valence-electron chi connectivity index (χ1n) is 6.55. The predicted octanol–water partition coefficient (Wildman–Crippen LogP) is 3.35. The number of hydrogen-bond acceptors (Lipinski definition) is 3. The zero-order chi connectivity index (χ0) is 13.9. The number of hydrogen-bond donors (Lipinski definition) is 0. The molecule has 3 aromatic rings. The van der Waals surface area contributed by atoms with Gasteiger partial charge < -0.3 is 4.79 Å². The van der Waals surface area contributed by atoms with Crippen molar-refractivity contribution in [3.05, 3.63) is 59.8 Å². The number of carbonyl (C=O) groups excluding carboxylic acids is 1. The second-order valence-electron chi connectivity index (χ2n) is 4.70. The molecule has 0 fully saturated rings. The van der Waals surface area contributed by atoms with Crippen LogP contribution in [0.25, 0.3) is 22.3 Å². The first-order valence-corrected chi connectivity index (χ1v) is 6.55. The van der Waals surface area contributed by atoms with Crippen LogP contribution in [-0.2, 0) is 11.2 Å². The molecular formula is C17H14N2O. The summed E-state index contributed by atoms with van der Waals surface area (Å²) in [5.41, 5.74) is 5.32. The third-order valence-corrected chi connectivity index (χ3v) is 3.29. The summed E-state index contributed by atoms with van der Waals surface area (Å²) in [5, 5.41) is 0. The van der Waals surface area contributed by atoms with Gasteiger partial charge in [-0.1, -0.05) is 42.5 Å². The molecule has 0 radical (unpaired) electrons. The van der Waals surface area contributed by atoms with Crippen LogP contribution < -0.4 is 0 Å². The molecule has 0 atom stereocenters. The summed E-state index contributed by atoms with van der Waals surface area (Å²) in [6.45, 7) is 2.02. The molecule has 0 spiro atoms. The molecule has 0 aliphatic carbocycles. The lowest BCUT2D eigenvalue weighted by molar-refractivity contribution is -0.107. The molecule has 3 rings (SSSR count). The molecule has 0 aliphatic rings. The molecule has 3 heteroatoms. The van der Waals surface area contributed by atoms with Crippen molar-refractivity contribution < 1.29 is 4.79 Å². The maximum absolute atomic E-state index is 10.9. The van der Waals surface area contributed by atoms with E-state index in [4.69, 9.17) is 4.98 Å². The number of rotatable bonds is 3. The van der Waals surface area contributed by atoms with Crippen molar-refractivity contribution in [3.63, 3.8) is 0 Å². The van der Waals surface area contributed by atoms with E-state index in [1.54, 1.807) is 0 Å². The highest BCUT2D eigenvalue weighted by atomic mass is 16.1. The fourth-order valence-corrected chi connectivity index (χ4v) is 2.30. The number of fused-ring (bicyclic) bond motifs is 1. The number of aryl methyl sites for hydroxylation is 1. The van der Waals surface area contributed by atoms with Gasteiger partial charge in [-0.15, -0.1) is 0 Å². The minimum absolute atomic E-state index is 0.279. The van der Waals surface area contributed by atoms with Crippen LogP contribution in [-0.4, -0.2) is 16.3 Å². The Morgan fingerprint density at radius 3 is 2.55 bits per heavy atom. The third-order valence-electron chi connectivity index (χ3n) is 3.29. The van der Waals surface area contributed by atoms with Gasteiger partial charge in [-0.25, -0.2) is 9.97 Å². The lowest BCUT2D eigenvalue weighted by Crippen LogP contribution is -2.00.